The van der Waals surface area contributed by atoms with Gasteiger partial charge < -0.3 is 15.7 Å². The van der Waals surface area contributed by atoms with E-state index >= 15 is 0 Å². The molecule has 2 fully saturated rings. The molecule has 3 aliphatic rings. The standard InChI is InChI=1S/C28H32Cl2N2O3S/c1-26(2,3)14-21-28(19-9-8-17(30)11-20(19)36-25(28)34)22(15-6-5-7-16(29)10-15)23(32-21)24(33)31-18-12-27(4,35)13-18/h5-11,18,21-23,32,35H,12-14H2,1-4H3,(H,31,33)/t18-,21-,22+,23-,27+,28+/m1/s1. The van der Waals surface area contributed by atoms with Crippen LogP contribution in [-0.2, 0) is 15.0 Å². The number of aliphatic hydroxyl groups is 1. The number of hydrogen-bond donors (Lipinski definition) is 3. The molecule has 2 aromatic rings. The Bertz CT molecular complexity index is 1220. The Kier molecular flexibility index (Phi) is 6.53. The molecular formula is C28H32Cl2N2O3S. The van der Waals surface area contributed by atoms with Gasteiger partial charge in [-0.15, -0.1) is 0 Å². The molecule has 2 aliphatic heterocycles. The molecule has 1 spiro atoms. The molecule has 1 saturated carbocycles. The highest BCUT2D eigenvalue weighted by Crippen LogP contribution is 2.60. The van der Waals surface area contributed by atoms with Crippen LogP contribution < -0.4 is 10.6 Å². The summed E-state index contributed by atoms with van der Waals surface area (Å²) in [4.78, 5) is 28.8. The van der Waals surface area contributed by atoms with E-state index < -0.39 is 23.0 Å². The lowest BCUT2D eigenvalue weighted by Gasteiger charge is -2.42. The van der Waals surface area contributed by atoms with Gasteiger partial charge in [0.15, 0.2) is 0 Å². The SMILES string of the molecule is CC(C)(C)C[C@H]1N[C@@H](C(=O)N[C@H]2C[C@@](C)(O)C2)[C@H](c2cccc(Cl)c2)[C@@]12C(=O)Sc1cc(Cl)ccc12. The number of fused-ring (bicyclic) bond motifs is 2. The van der Waals surface area contributed by atoms with Gasteiger partial charge in [0.05, 0.1) is 17.1 Å². The summed E-state index contributed by atoms with van der Waals surface area (Å²) in [5.74, 6) is -0.622. The van der Waals surface area contributed by atoms with E-state index in [2.05, 4.69) is 31.4 Å². The number of rotatable bonds is 4. The highest BCUT2D eigenvalue weighted by Gasteiger charge is 2.65. The molecule has 0 unspecified atom stereocenters. The predicted octanol–water partition coefficient (Wildman–Crippen LogP) is 5.45. The first-order chi connectivity index (χ1) is 16.8. The molecule has 1 amide bonds. The van der Waals surface area contributed by atoms with Gasteiger partial charge in [-0.25, -0.2) is 0 Å². The minimum Gasteiger partial charge on any atom is -0.390 e. The van der Waals surface area contributed by atoms with Gasteiger partial charge in [0, 0.05) is 32.9 Å². The first-order valence-corrected chi connectivity index (χ1v) is 13.9. The number of thioether (sulfide) groups is 1. The number of hydrogen-bond acceptors (Lipinski definition) is 5. The Balaban J connectivity index is 1.66. The van der Waals surface area contributed by atoms with E-state index in [1.54, 1.807) is 13.0 Å². The van der Waals surface area contributed by atoms with Gasteiger partial charge in [-0.1, -0.05) is 73.9 Å². The number of halogens is 2. The van der Waals surface area contributed by atoms with Crippen molar-refractivity contribution >= 4 is 46.0 Å². The van der Waals surface area contributed by atoms with Crippen LogP contribution in [0.2, 0.25) is 10.0 Å². The van der Waals surface area contributed by atoms with Crippen LogP contribution in [0.25, 0.3) is 0 Å². The molecule has 4 atom stereocenters. The van der Waals surface area contributed by atoms with Crippen molar-refractivity contribution in [3.05, 3.63) is 63.6 Å². The van der Waals surface area contributed by atoms with Crippen molar-refractivity contribution in [1.29, 1.82) is 0 Å². The number of carbonyl (C=O) groups is 2. The van der Waals surface area contributed by atoms with Gasteiger partial charge in [0.1, 0.15) is 0 Å². The van der Waals surface area contributed by atoms with Crippen LogP contribution in [-0.4, -0.2) is 39.9 Å². The number of benzene rings is 2. The average molecular weight is 548 g/mol. The number of carbonyl (C=O) groups excluding carboxylic acids is 2. The molecular weight excluding hydrogens is 515 g/mol. The third-order valence-corrected chi connectivity index (χ3v) is 9.26. The molecule has 0 radical (unpaired) electrons. The van der Waals surface area contributed by atoms with Gasteiger partial charge in [0.25, 0.3) is 0 Å². The van der Waals surface area contributed by atoms with Gasteiger partial charge in [-0.05, 0) is 67.0 Å². The lowest BCUT2D eigenvalue weighted by atomic mass is 9.63. The van der Waals surface area contributed by atoms with Crippen molar-refractivity contribution in [1.82, 2.24) is 10.6 Å². The van der Waals surface area contributed by atoms with E-state index in [1.807, 2.05) is 36.4 Å². The highest BCUT2D eigenvalue weighted by molar-refractivity contribution is 8.14. The third-order valence-electron chi connectivity index (χ3n) is 7.71. The summed E-state index contributed by atoms with van der Waals surface area (Å²) in [7, 11) is 0. The first kappa shape index (κ1) is 26.1. The van der Waals surface area contributed by atoms with Gasteiger partial charge in [-0.2, -0.15) is 0 Å². The van der Waals surface area contributed by atoms with Crippen molar-refractivity contribution in [2.75, 3.05) is 0 Å². The molecule has 1 aliphatic carbocycles. The molecule has 1 saturated heterocycles. The summed E-state index contributed by atoms with van der Waals surface area (Å²) < 4.78 is 0. The van der Waals surface area contributed by atoms with Crippen molar-refractivity contribution in [3.63, 3.8) is 0 Å². The van der Waals surface area contributed by atoms with Gasteiger partial charge >= 0.3 is 0 Å². The Hall–Kier alpha value is -1.57. The Morgan fingerprint density at radius 1 is 1.17 bits per heavy atom. The van der Waals surface area contributed by atoms with Crippen LogP contribution >= 0.6 is 35.0 Å². The molecule has 36 heavy (non-hydrogen) atoms. The molecule has 5 nitrogen and oxygen atoms in total. The lowest BCUT2D eigenvalue weighted by Crippen LogP contribution is -2.57. The van der Waals surface area contributed by atoms with E-state index in [9.17, 15) is 14.7 Å². The Morgan fingerprint density at radius 2 is 1.86 bits per heavy atom. The molecule has 5 rings (SSSR count). The number of amides is 1. The minimum absolute atomic E-state index is 0.0216. The van der Waals surface area contributed by atoms with E-state index in [4.69, 9.17) is 23.2 Å². The molecule has 192 valence electrons. The second-order valence-corrected chi connectivity index (χ2v) is 13.9. The minimum atomic E-state index is -0.963. The van der Waals surface area contributed by atoms with Gasteiger partial charge in [-0.3, -0.25) is 9.59 Å². The second kappa shape index (κ2) is 9.02. The first-order valence-electron chi connectivity index (χ1n) is 12.4. The maximum absolute atomic E-state index is 14.2. The summed E-state index contributed by atoms with van der Waals surface area (Å²) >= 11 is 14.0. The van der Waals surface area contributed by atoms with Crippen LogP contribution in [0.3, 0.4) is 0 Å². The quantitative estimate of drug-likeness (QED) is 0.475. The van der Waals surface area contributed by atoms with Crippen LogP contribution in [0, 0.1) is 5.41 Å². The molecule has 0 aromatic heterocycles. The smallest absolute Gasteiger partial charge is 0.238 e. The maximum Gasteiger partial charge on any atom is 0.238 e. The zero-order chi connectivity index (χ0) is 26.0. The predicted molar refractivity (Wildman–Crippen MR) is 145 cm³/mol. The average Bonchev–Trinajstić information content (AvgIpc) is 3.21. The topological polar surface area (TPSA) is 78.4 Å². The zero-order valence-corrected chi connectivity index (χ0v) is 23.2. The summed E-state index contributed by atoms with van der Waals surface area (Å²) in [5, 5.41) is 18.1. The van der Waals surface area contributed by atoms with Crippen molar-refractivity contribution < 1.29 is 14.7 Å². The van der Waals surface area contributed by atoms with E-state index in [0.717, 1.165) is 16.0 Å². The largest absolute Gasteiger partial charge is 0.390 e. The fourth-order valence-electron chi connectivity index (χ4n) is 6.37. The van der Waals surface area contributed by atoms with Crippen LogP contribution in [0.1, 0.15) is 64.0 Å². The summed E-state index contributed by atoms with van der Waals surface area (Å²) in [5.41, 5.74) is -0.0451. The summed E-state index contributed by atoms with van der Waals surface area (Å²) in [6.45, 7) is 8.23. The van der Waals surface area contributed by atoms with Crippen LogP contribution in [0.4, 0.5) is 0 Å². The zero-order valence-electron chi connectivity index (χ0n) is 20.9. The van der Waals surface area contributed by atoms with Crippen molar-refractivity contribution in [3.8, 4) is 0 Å². The van der Waals surface area contributed by atoms with Gasteiger partial charge in [0.2, 0.25) is 11.0 Å². The molecule has 8 heteroatoms. The van der Waals surface area contributed by atoms with E-state index in [-0.39, 0.29) is 28.5 Å². The van der Waals surface area contributed by atoms with Crippen LogP contribution in [0.5, 0.6) is 0 Å². The molecule has 2 aromatic carbocycles. The maximum atomic E-state index is 14.2. The van der Waals surface area contributed by atoms with E-state index in [0.29, 0.717) is 29.3 Å². The molecule has 0 bridgehead atoms. The van der Waals surface area contributed by atoms with Crippen LogP contribution in [0.15, 0.2) is 47.4 Å². The third kappa shape index (κ3) is 4.49. The van der Waals surface area contributed by atoms with E-state index in [1.165, 1.54) is 11.8 Å². The summed E-state index contributed by atoms with van der Waals surface area (Å²) in [6, 6.07) is 12.1. The summed E-state index contributed by atoms with van der Waals surface area (Å²) in [6.07, 6.45) is 1.72. The number of nitrogens with one attached hydrogen (secondary N) is 2. The Labute approximate surface area is 226 Å². The fraction of sp³-hybridized carbons (Fsp3) is 0.500. The monoisotopic (exact) mass is 546 g/mol. The molecule has 3 N–H and O–H groups in total. The van der Waals surface area contributed by atoms with Crippen molar-refractivity contribution in [2.24, 2.45) is 5.41 Å². The lowest BCUT2D eigenvalue weighted by molar-refractivity contribution is -0.127. The second-order valence-electron chi connectivity index (χ2n) is 12.0. The Morgan fingerprint density at radius 3 is 2.50 bits per heavy atom. The fourth-order valence-corrected chi connectivity index (χ4v) is 8.09. The van der Waals surface area contributed by atoms with Crippen molar-refractivity contribution in [2.45, 2.75) is 86.9 Å². The molecule has 2 heterocycles. The normalized spacial score (nSPS) is 33.5. The highest BCUT2D eigenvalue weighted by atomic mass is 35.5.